The number of rotatable bonds is 2. The summed E-state index contributed by atoms with van der Waals surface area (Å²) in [6.07, 6.45) is 9.74. The normalized spacial score (nSPS) is 23.4. The van der Waals surface area contributed by atoms with Crippen LogP contribution in [0.25, 0.3) is 0 Å². The molecule has 1 N–H and O–H groups in total. The van der Waals surface area contributed by atoms with E-state index in [0.29, 0.717) is 18.8 Å². The third-order valence-corrected chi connectivity index (χ3v) is 5.07. The molecule has 1 unspecified atom stereocenters. The number of hydrogen-bond acceptors (Lipinski definition) is 3. The fourth-order valence-electron chi connectivity index (χ4n) is 3.74. The molecule has 0 spiro atoms. The van der Waals surface area contributed by atoms with Crippen molar-refractivity contribution < 1.29 is 9.90 Å². The second-order valence-corrected chi connectivity index (χ2v) is 6.56. The third kappa shape index (κ3) is 3.09. The average Bonchev–Trinajstić information content (AvgIpc) is 2.75. The maximum absolute atomic E-state index is 11.2. The van der Waals surface area contributed by atoms with Gasteiger partial charge in [-0.15, -0.1) is 0 Å². The molecule has 21 heavy (non-hydrogen) atoms. The van der Waals surface area contributed by atoms with Crippen molar-refractivity contribution in [3.63, 3.8) is 0 Å². The molecule has 0 aliphatic heterocycles. The lowest BCUT2D eigenvalue weighted by Gasteiger charge is -2.24. The molecule has 2 aliphatic carbocycles. The molecule has 114 valence electrons. The minimum atomic E-state index is -0.687. The first-order chi connectivity index (χ1) is 10.1. The van der Waals surface area contributed by atoms with E-state index < -0.39 is 5.97 Å². The van der Waals surface area contributed by atoms with Crippen LogP contribution in [0.1, 0.15) is 73.6 Å². The van der Waals surface area contributed by atoms with Gasteiger partial charge in [-0.2, -0.15) is 0 Å². The van der Waals surface area contributed by atoms with E-state index in [-0.39, 0.29) is 5.92 Å². The van der Waals surface area contributed by atoms with E-state index in [0.717, 1.165) is 29.2 Å². The minimum Gasteiger partial charge on any atom is -0.481 e. The van der Waals surface area contributed by atoms with Gasteiger partial charge in [-0.1, -0.05) is 25.7 Å². The predicted molar refractivity (Wildman–Crippen MR) is 80.4 cm³/mol. The van der Waals surface area contributed by atoms with Crippen LogP contribution in [0, 0.1) is 12.8 Å². The molecule has 2 aliphatic rings. The first-order valence-electron chi connectivity index (χ1n) is 8.24. The molecule has 3 rings (SSSR count). The lowest BCUT2D eigenvalue weighted by Crippen LogP contribution is -2.25. The van der Waals surface area contributed by atoms with E-state index >= 15 is 0 Å². The Morgan fingerprint density at radius 3 is 2.48 bits per heavy atom. The highest BCUT2D eigenvalue weighted by atomic mass is 16.4. The highest BCUT2D eigenvalue weighted by molar-refractivity contribution is 5.71. The smallest absolute Gasteiger partial charge is 0.306 e. The molecule has 1 saturated carbocycles. The maximum Gasteiger partial charge on any atom is 0.306 e. The average molecular weight is 288 g/mol. The topological polar surface area (TPSA) is 63.1 Å². The zero-order valence-corrected chi connectivity index (χ0v) is 12.8. The van der Waals surface area contributed by atoms with Crippen LogP contribution in [-0.2, 0) is 17.6 Å². The van der Waals surface area contributed by atoms with Gasteiger partial charge in [-0.05, 0) is 44.6 Å². The molecule has 4 heteroatoms. The fraction of sp³-hybridized carbons (Fsp3) is 0.706. The van der Waals surface area contributed by atoms with E-state index in [1.165, 1.54) is 38.5 Å². The molecular weight excluding hydrogens is 264 g/mol. The van der Waals surface area contributed by atoms with Crippen LogP contribution in [0.5, 0.6) is 0 Å². The summed E-state index contributed by atoms with van der Waals surface area (Å²) in [7, 11) is 0. The molecule has 0 aromatic carbocycles. The van der Waals surface area contributed by atoms with Crippen molar-refractivity contribution >= 4 is 5.97 Å². The maximum atomic E-state index is 11.2. The largest absolute Gasteiger partial charge is 0.481 e. The van der Waals surface area contributed by atoms with Gasteiger partial charge in [-0.3, -0.25) is 4.79 Å². The standard InChI is InChI=1S/C17H24N2O2/c1-11-14-10-13(17(20)21)8-9-15(14)19-16(18-11)12-6-4-2-3-5-7-12/h12-13H,2-10H2,1H3,(H,20,21). The number of carboxylic acid groups (broad SMARTS) is 1. The van der Waals surface area contributed by atoms with E-state index in [4.69, 9.17) is 9.97 Å². The summed E-state index contributed by atoms with van der Waals surface area (Å²) < 4.78 is 0. The molecule has 0 radical (unpaired) electrons. The van der Waals surface area contributed by atoms with Gasteiger partial charge in [0.15, 0.2) is 0 Å². The van der Waals surface area contributed by atoms with Crippen molar-refractivity contribution in [2.24, 2.45) is 5.92 Å². The molecule has 0 bridgehead atoms. The summed E-state index contributed by atoms with van der Waals surface area (Å²) in [5, 5.41) is 9.20. The quantitative estimate of drug-likeness (QED) is 0.847. The zero-order valence-electron chi connectivity index (χ0n) is 12.8. The van der Waals surface area contributed by atoms with Crippen LogP contribution in [0.2, 0.25) is 0 Å². The van der Waals surface area contributed by atoms with Crippen molar-refractivity contribution in [1.82, 2.24) is 9.97 Å². The number of aryl methyl sites for hydroxylation is 2. The highest BCUT2D eigenvalue weighted by Crippen LogP contribution is 2.32. The van der Waals surface area contributed by atoms with Gasteiger partial charge >= 0.3 is 5.97 Å². The summed E-state index contributed by atoms with van der Waals surface area (Å²) >= 11 is 0. The molecule has 0 saturated heterocycles. The Balaban J connectivity index is 1.86. The molecule has 1 aromatic rings. The Bertz CT molecular complexity index is 534. The van der Waals surface area contributed by atoms with Gasteiger partial charge in [0, 0.05) is 17.3 Å². The summed E-state index contributed by atoms with van der Waals surface area (Å²) in [6, 6.07) is 0. The number of fused-ring (bicyclic) bond motifs is 1. The molecule has 1 atom stereocenters. The van der Waals surface area contributed by atoms with Gasteiger partial charge in [-0.25, -0.2) is 9.97 Å². The van der Waals surface area contributed by atoms with Crippen LogP contribution in [0.15, 0.2) is 0 Å². The molecule has 1 fully saturated rings. The van der Waals surface area contributed by atoms with Crippen molar-refractivity contribution in [3.05, 3.63) is 22.8 Å². The molecule has 1 aromatic heterocycles. The van der Waals surface area contributed by atoms with Crippen molar-refractivity contribution in [2.75, 3.05) is 0 Å². The second kappa shape index (κ2) is 6.12. The lowest BCUT2D eigenvalue weighted by atomic mass is 9.85. The number of nitrogens with zero attached hydrogens (tertiary/aromatic N) is 2. The summed E-state index contributed by atoms with van der Waals surface area (Å²) in [4.78, 5) is 20.8. The number of carbonyl (C=O) groups is 1. The SMILES string of the molecule is Cc1nc(C2CCCCCC2)nc2c1CC(C(=O)O)CC2. The minimum absolute atomic E-state index is 0.261. The molecule has 1 heterocycles. The van der Waals surface area contributed by atoms with Crippen molar-refractivity contribution in [3.8, 4) is 0 Å². The van der Waals surface area contributed by atoms with Gasteiger partial charge in [0.25, 0.3) is 0 Å². The first kappa shape index (κ1) is 14.5. The van der Waals surface area contributed by atoms with Crippen LogP contribution in [0.4, 0.5) is 0 Å². The Morgan fingerprint density at radius 1 is 1.10 bits per heavy atom. The Labute approximate surface area is 126 Å². The van der Waals surface area contributed by atoms with E-state index in [2.05, 4.69) is 0 Å². The zero-order chi connectivity index (χ0) is 14.8. The monoisotopic (exact) mass is 288 g/mol. The molecule has 4 nitrogen and oxygen atoms in total. The predicted octanol–water partition coefficient (Wildman–Crippen LogP) is 3.41. The van der Waals surface area contributed by atoms with Gasteiger partial charge in [0.1, 0.15) is 5.82 Å². The van der Waals surface area contributed by atoms with Gasteiger partial charge in [0.2, 0.25) is 0 Å². The van der Waals surface area contributed by atoms with E-state index in [1.807, 2.05) is 6.92 Å². The number of hydrogen-bond donors (Lipinski definition) is 1. The van der Waals surface area contributed by atoms with Crippen LogP contribution in [-0.4, -0.2) is 21.0 Å². The first-order valence-corrected chi connectivity index (χ1v) is 8.24. The summed E-state index contributed by atoms with van der Waals surface area (Å²) in [5.41, 5.74) is 3.20. The van der Waals surface area contributed by atoms with Gasteiger partial charge < -0.3 is 5.11 Å². The highest BCUT2D eigenvalue weighted by Gasteiger charge is 2.28. The Kier molecular flexibility index (Phi) is 4.22. The summed E-state index contributed by atoms with van der Waals surface area (Å²) in [5.74, 6) is 0.576. The van der Waals surface area contributed by atoms with E-state index in [1.54, 1.807) is 0 Å². The third-order valence-electron chi connectivity index (χ3n) is 5.07. The number of aromatic nitrogens is 2. The fourth-order valence-corrected chi connectivity index (χ4v) is 3.74. The number of carboxylic acids is 1. The van der Waals surface area contributed by atoms with Gasteiger partial charge in [0.05, 0.1) is 5.92 Å². The number of aliphatic carboxylic acids is 1. The van der Waals surface area contributed by atoms with E-state index in [9.17, 15) is 9.90 Å². The van der Waals surface area contributed by atoms with Crippen molar-refractivity contribution in [1.29, 1.82) is 0 Å². The molecule has 0 amide bonds. The Morgan fingerprint density at radius 2 is 1.81 bits per heavy atom. The second-order valence-electron chi connectivity index (χ2n) is 6.56. The van der Waals surface area contributed by atoms with Crippen molar-refractivity contribution in [2.45, 2.75) is 70.6 Å². The van der Waals surface area contributed by atoms with Crippen LogP contribution < -0.4 is 0 Å². The lowest BCUT2D eigenvalue weighted by molar-refractivity contribution is -0.142. The summed E-state index contributed by atoms with van der Waals surface area (Å²) in [6.45, 7) is 2.02. The molecular formula is C17H24N2O2. The van der Waals surface area contributed by atoms with Crippen LogP contribution in [0.3, 0.4) is 0 Å². The van der Waals surface area contributed by atoms with Crippen LogP contribution >= 0.6 is 0 Å². The Hall–Kier alpha value is -1.45.